The predicted octanol–water partition coefficient (Wildman–Crippen LogP) is 2.58. The third-order valence-electron chi connectivity index (χ3n) is 6.01. The van der Waals surface area contributed by atoms with Crippen molar-refractivity contribution in [1.29, 1.82) is 0 Å². The van der Waals surface area contributed by atoms with E-state index in [0.29, 0.717) is 18.0 Å². The summed E-state index contributed by atoms with van der Waals surface area (Å²) in [7, 11) is 0. The Kier molecular flexibility index (Phi) is 4.97. The van der Waals surface area contributed by atoms with Gasteiger partial charge in [-0.2, -0.15) is 5.10 Å². The maximum Gasteiger partial charge on any atom is 0.194 e. The van der Waals surface area contributed by atoms with Crippen molar-refractivity contribution in [2.75, 3.05) is 32.8 Å². The molecule has 1 aromatic heterocycles. The molecule has 2 saturated heterocycles. The van der Waals surface area contributed by atoms with Gasteiger partial charge in [-0.05, 0) is 38.7 Å². The Balaban J connectivity index is 1.40. The van der Waals surface area contributed by atoms with Crippen LogP contribution in [0.1, 0.15) is 57.2 Å². The first-order chi connectivity index (χ1) is 12.3. The van der Waals surface area contributed by atoms with Gasteiger partial charge in [-0.3, -0.25) is 4.68 Å². The van der Waals surface area contributed by atoms with Crippen LogP contribution in [-0.4, -0.2) is 53.5 Å². The van der Waals surface area contributed by atoms with E-state index in [1.54, 1.807) is 0 Å². The van der Waals surface area contributed by atoms with Crippen molar-refractivity contribution >= 4 is 5.96 Å². The molecular weight excluding hydrogens is 314 g/mol. The fraction of sp³-hybridized carbons (Fsp3) is 0.789. The van der Waals surface area contributed by atoms with Crippen LogP contribution in [0.2, 0.25) is 0 Å². The number of guanidine groups is 1. The number of likely N-dealkylation sites (tertiary alicyclic amines) is 1. The smallest absolute Gasteiger partial charge is 0.194 e. The fourth-order valence-electron chi connectivity index (χ4n) is 4.50. The van der Waals surface area contributed by atoms with Gasteiger partial charge in [-0.15, -0.1) is 0 Å². The minimum atomic E-state index is 0.361. The molecule has 1 unspecified atom stereocenters. The summed E-state index contributed by atoms with van der Waals surface area (Å²) in [6.07, 6.45) is 9.75. The Morgan fingerprint density at radius 2 is 2.28 bits per heavy atom. The molecule has 1 spiro atoms. The molecule has 3 heterocycles. The Morgan fingerprint density at radius 1 is 1.40 bits per heavy atom. The standard InChI is InChI=1S/C19H31N5O/c1-2-20-18(23-11-8-19(14-23)9-12-25-15-19)21-13-16-7-10-24(22-16)17-5-3-4-6-17/h7,10,17H,2-6,8-9,11-15H2,1H3,(H,20,21). The van der Waals surface area contributed by atoms with Crippen LogP contribution in [0.25, 0.3) is 0 Å². The lowest BCUT2D eigenvalue weighted by Crippen LogP contribution is -2.41. The van der Waals surface area contributed by atoms with Gasteiger partial charge >= 0.3 is 0 Å². The van der Waals surface area contributed by atoms with Crippen molar-refractivity contribution in [2.24, 2.45) is 10.4 Å². The van der Waals surface area contributed by atoms with Gasteiger partial charge in [0.05, 0.1) is 24.9 Å². The van der Waals surface area contributed by atoms with Crippen LogP contribution in [0, 0.1) is 5.41 Å². The summed E-state index contributed by atoms with van der Waals surface area (Å²) in [5.74, 6) is 1.03. The molecule has 1 N–H and O–H groups in total. The number of ether oxygens (including phenoxy) is 1. The molecule has 3 fully saturated rings. The lowest BCUT2D eigenvalue weighted by Gasteiger charge is -2.24. The Labute approximate surface area is 150 Å². The summed E-state index contributed by atoms with van der Waals surface area (Å²) >= 11 is 0. The first-order valence-electron chi connectivity index (χ1n) is 9.93. The number of nitrogens with zero attached hydrogens (tertiary/aromatic N) is 4. The molecule has 25 heavy (non-hydrogen) atoms. The van der Waals surface area contributed by atoms with E-state index in [-0.39, 0.29) is 0 Å². The Morgan fingerprint density at radius 3 is 3.04 bits per heavy atom. The van der Waals surface area contributed by atoms with Gasteiger partial charge in [-0.1, -0.05) is 12.8 Å². The van der Waals surface area contributed by atoms with Crippen molar-refractivity contribution in [2.45, 2.75) is 58.0 Å². The molecule has 1 aliphatic carbocycles. The van der Waals surface area contributed by atoms with Crippen molar-refractivity contribution in [3.8, 4) is 0 Å². The highest BCUT2D eigenvalue weighted by atomic mass is 16.5. The molecular formula is C19H31N5O. The van der Waals surface area contributed by atoms with Crippen molar-refractivity contribution < 1.29 is 4.74 Å². The van der Waals surface area contributed by atoms with E-state index in [0.717, 1.165) is 44.5 Å². The first-order valence-corrected chi connectivity index (χ1v) is 9.93. The summed E-state index contributed by atoms with van der Waals surface area (Å²) in [6.45, 7) is 7.65. The molecule has 0 bridgehead atoms. The number of aromatic nitrogens is 2. The maximum atomic E-state index is 5.65. The van der Waals surface area contributed by atoms with Gasteiger partial charge in [0.15, 0.2) is 5.96 Å². The zero-order valence-electron chi connectivity index (χ0n) is 15.4. The summed E-state index contributed by atoms with van der Waals surface area (Å²) < 4.78 is 7.81. The van der Waals surface area contributed by atoms with Gasteiger partial charge in [0.25, 0.3) is 0 Å². The topological polar surface area (TPSA) is 54.7 Å². The summed E-state index contributed by atoms with van der Waals surface area (Å²) in [5.41, 5.74) is 1.43. The van der Waals surface area contributed by atoms with E-state index in [1.165, 1.54) is 38.5 Å². The van der Waals surface area contributed by atoms with Crippen LogP contribution in [0.3, 0.4) is 0 Å². The largest absolute Gasteiger partial charge is 0.381 e. The van der Waals surface area contributed by atoms with Gasteiger partial charge in [0, 0.05) is 37.9 Å². The van der Waals surface area contributed by atoms with Crippen molar-refractivity contribution in [3.63, 3.8) is 0 Å². The van der Waals surface area contributed by atoms with Crippen LogP contribution >= 0.6 is 0 Å². The molecule has 1 atom stereocenters. The average molecular weight is 345 g/mol. The minimum absolute atomic E-state index is 0.361. The molecule has 1 saturated carbocycles. The molecule has 3 aliphatic rings. The lowest BCUT2D eigenvalue weighted by atomic mass is 9.87. The number of nitrogens with one attached hydrogen (secondary N) is 1. The number of hydrogen-bond donors (Lipinski definition) is 1. The van der Waals surface area contributed by atoms with E-state index in [1.807, 2.05) is 0 Å². The van der Waals surface area contributed by atoms with Crippen molar-refractivity contribution in [1.82, 2.24) is 20.0 Å². The predicted molar refractivity (Wildman–Crippen MR) is 98.6 cm³/mol. The second-order valence-electron chi connectivity index (χ2n) is 7.87. The summed E-state index contributed by atoms with van der Waals surface area (Å²) in [5, 5.41) is 8.23. The fourth-order valence-corrected chi connectivity index (χ4v) is 4.50. The minimum Gasteiger partial charge on any atom is -0.381 e. The molecule has 0 aromatic carbocycles. The monoisotopic (exact) mass is 345 g/mol. The van der Waals surface area contributed by atoms with Crippen LogP contribution in [0.4, 0.5) is 0 Å². The number of rotatable bonds is 4. The SMILES string of the molecule is CCNC(=NCc1ccn(C2CCCC2)n1)N1CCC2(CCOC2)C1. The van der Waals surface area contributed by atoms with Gasteiger partial charge in [-0.25, -0.2) is 4.99 Å². The second-order valence-corrected chi connectivity index (χ2v) is 7.87. The van der Waals surface area contributed by atoms with Gasteiger partial charge < -0.3 is 15.0 Å². The molecule has 0 radical (unpaired) electrons. The quantitative estimate of drug-likeness (QED) is 0.673. The van der Waals surface area contributed by atoms with Crippen LogP contribution < -0.4 is 5.32 Å². The average Bonchev–Trinajstić information content (AvgIpc) is 3.40. The number of aliphatic imine (C=N–C) groups is 1. The summed E-state index contributed by atoms with van der Waals surface area (Å²) in [6, 6.07) is 2.73. The highest BCUT2D eigenvalue weighted by Crippen LogP contribution is 2.38. The van der Waals surface area contributed by atoms with E-state index in [9.17, 15) is 0 Å². The summed E-state index contributed by atoms with van der Waals surface area (Å²) in [4.78, 5) is 7.28. The van der Waals surface area contributed by atoms with Crippen LogP contribution in [-0.2, 0) is 11.3 Å². The van der Waals surface area contributed by atoms with Gasteiger partial charge in [0.1, 0.15) is 0 Å². The third-order valence-corrected chi connectivity index (χ3v) is 6.01. The normalized spacial score (nSPS) is 27.7. The molecule has 138 valence electrons. The molecule has 1 aromatic rings. The Bertz CT molecular complexity index is 599. The zero-order chi connectivity index (χ0) is 17.1. The Hall–Kier alpha value is -1.56. The zero-order valence-corrected chi connectivity index (χ0v) is 15.4. The molecule has 6 nitrogen and oxygen atoms in total. The number of hydrogen-bond acceptors (Lipinski definition) is 3. The lowest BCUT2D eigenvalue weighted by molar-refractivity contribution is 0.156. The molecule has 0 amide bonds. The van der Waals surface area contributed by atoms with Gasteiger partial charge in [0.2, 0.25) is 0 Å². The molecule has 2 aliphatic heterocycles. The van der Waals surface area contributed by atoms with E-state index in [2.05, 4.69) is 34.1 Å². The van der Waals surface area contributed by atoms with E-state index >= 15 is 0 Å². The second kappa shape index (κ2) is 7.36. The first kappa shape index (κ1) is 16.9. The highest BCUT2D eigenvalue weighted by molar-refractivity contribution is 5.80. The van der Waals surface area contributed by atoms with Crippen molar-refractivity contribution in [3.05, 3.63) is 18.0 Å². The molecule has 4 rings (SSSR count). The van der Waals surface area contributed by atoms with E-state index < -0.39 is 0 Å². The van der Waals surface area contributed by atoms with Crippen LogP contribution in [0.5, 0.6) is 0 Å². The maximum absolute atomic E-state index is 5.65. The highest BCUT2D eigenvalue weighted by Gasteiger charge is 2.42. The third kappa shape index (κ3) is 3.68. The van der Waals surface area contributed by atoms with Crippen LogP contribution in [0.15, 0.2) is 17.3 Å². The van der Waals surface area contributed by atoms with E-state index in [4.69, 9.17) is 14.8 Å². The molecule has 6 heteroatoms.